The number of nitrogens with zero attached hydrogens (tertiary/aromatic N) is 1. The molecule has 5 nitrogen and oxygen atoms in total. The topological polar surface area (TPSA) is 84.5 Å². The summed E-state index contributed by atoms with van der Waals surface area (Å²) in [5, 5.41) is 4.19. The van der Waals surface area contributed by atoms with Gasteiger partial charge in [-0.2, -0.15) is 0 Å². The van der Waals surface area contributed by atoms with Crippen LogP contribution in [0.5, 0.6) is 0 Å². The first-order chi connectivity index (χ1) is 11.7. The summed E-state index contributed by atoms with van der Waals surface area (Å²) in [6, 6.07) is 11.7. The predicted molar refractivity (Wildman–Crippen MR) is 118 cm³/mol. The molecule has 0 bridgehead atoms. The second-order valence-electron chi connectivity index (χ2n) is 5.65. The lowest BCUT2D eigenvalue weighted by Gasteiger charge is -2.16. The zero-order chi connectivity index (χ0) is 18.6. The van der Waals surface area contributed by atoms with E-state index < -0.39 is 9.84 Å². The van der Waals surface area contributed by atoms with Crippen LogP contribution in [0.25, 0.3) is 0 Å². The van der Waals surface area contributed by atoms with Crippen molar-refractivity contribution in [3.05, 3.63) is 63.6 Å². The van der Waals surface area contributed by atoms with E-state index in [2.05, 4.69) is 10.3 Å². The SMILES string of the molecule is CC(NC(N)=NCc1ccc(S(C)(=O)=O)cc1)c1ccc(Cl)cc1Cl.I. The van der Waals surface area contributed by atoms with E-state index in [1.165, 1.54) is 6.26 Å². The molecule has 0 aromatic heterocycles. The molecular formula is C17H20Cl2IN3O2S. The van der Waals surface area contributed by atoms with Crippen LogP contribution in [-0.4, -0.2) is 20.6 Å². The van der Waals surface area contributed by atoms with Gasteiger partial charge in [-0.05, 0) is 42.3 Å². The number of nitrogens with two attached hydrogens (primary N) is 1. The Morgan fingerprint density at radius 2 is 1.81 bits per heavy atom. The van der Waals surface area contributed by atoms with Gasteiger partial charge in [-0.1, -0.05) is 41.4 Å². The number of guanidine groups is 1. The van der Waals surface area contributed by atoms with Crippen molar-refractivity contribution in [1.82, 2.24) is 5.32 Å². The lowest BCUT2D eigenvalue weighted by molar-refractivity contribution is 0.602. The Labute approximate surface area is 180 Å². The van der Waals surface area contributed by atoms with Crippen molar-refractivity contribution in [3.8, 4) is 0 Å². The third-order valence-corrected chi connectivity index (χ3v) is 5.27. The number of nitrogens with one attached hydrogen (secondary N) is 1. The van der Waals surface area contributed by atoms with Gasteiger partial charge in [-0.15, -0.1) is 24.0 Å². The standard InChI is InChI=1S/C17H19Cl2N3O2S.HI/c1-11(15-8-5-13(18)9-16(15)19)22-17(20)21-10-12-3-6-14(7-4-12)25(2,23)24;/h3-9,11H,10H2,1-2H3,(H3,20,21,22);1H. The van der Waals surface area contributed by atoms with E-state index in [0.717, 1.165) is 11.1 Å². The van der Waals surface area contributed by atoms with Gasteiger partial charge in [0.1, 0.15) is 0 Å². The molecule has 2 aromatic carbocycles. The summed E-state index contributed by atoms with van der Waals surface area (Å²) in [6.45, 7) is 2.25. The van der Waals surface area contributed by atoms with Crippen LogP contribution in [-0.2, 0) is 16.4 Å². The molecular weight excluding hydrogens is 508 g/mol. The van der Waals surface area contributed by atoms with Crippen LogP contribution in [0.3, 0.4) is 0 Å². The van der Waals surface area contributed by atoms with E-state index in [-0.39, 0.29) is 40.9 Å². The maximum atomic E-state index is 11.4. The Balaban J connectivity index is 0.00000338. The summed E-state index contributed by atoms with van der Waals surface area (Å²) < 4.78 is 22.9. The molecule has 0 fully saturated rings. The minimum atomic E-state index is -3.20. The van der Waals surface area contributed by atoms with Gasteiger partial charge in [0.25, 0.3) is 0 Å². The molecule has 0 amide bonds. The number of rotatable bonds is 5. The Morgan fingerprint density at radius 1 is 1.19 bits per heavy atom. The van der Waals surface area contributed by atoms with Crippen molar-refractivity contribution in [2.75, 3.05) is 6.26 Å². The molecule has 2 rings (SSSR count). The Morgan fingerprint density at radius 3 is 2.35 bits per heavy atom. The lowest BCUT2D eigenvalue weighted by atomic mass is 10.1. The molecule has 0 spiro atoms. The number of hydrogen-bond donors (Lipinski definition) is 2. The van der Waals surface area contributed by atoms with Gasteiger partial charge >= 0.3 is 0 Å². The van der Waals surface area contributed by atoms with Crippen molar-refractivity contribution in [1.29, 1.82) is 0 Å². The molecule has 0 aliphatic heterocycles. The number of aliphatic imine (C=N–C) groups is 1. The summed E-state index contributed by atoms with van der Waals surface area (Å²) in [5.41, 5.74) is 7.63. The van der Waals surface area contributed by atoms with Crippen LogP contribution >= 0.6 is 47.2 Å². The van der Waals surface area contributed by atoms with Gasteiger partial charge in [-0.25, -0.2) is 13.4 Å². The quantitative estimate of drug-likeness (QED) is 0.347. The van der Waals surface area contributed by atoms with Crippen molar-refractivity contribution < 1.29 is 8.42 Å². The number of hydrogen-bond acceptors (Lipinski definition) is 3. The van der Waals surface area contributed by atoms with E-state index in [1.54, 1.807) is 36.4 Å². The zero-order valence-electron chi connectivity index (χ0n) is 14.2. The molecule has 0 aliphatic rings. The summed E-state index contributed by atoms with van der Waals surface area (Å²) in [4.78, 5) is 4.54. The molecule has 0 heterocycles. The van der Waals surface area contributed by atoms with E-state index in [4.69, 9.17) is 28.9 Å². The average molecular weight is 528 g/mol. The maximum absolute atomic E-state index is 11.4. The molecule has 0 saturated heterocycles. The molecule has 1 unspecified atom stereocenters. The van der Waals surface area contributed by atoms with Gasteiger partial charge in [0, 0.05) is 16.3 Å². The summed E-state index contributed by atoms with van der Waals surface area (Å²) in [7, 11) is -3.20. The van der Waals surface area contributed by atoms with Gasteiger partial charge in [0.05, 0.1) is 17.5 Å². The van der Waals surface area contributed by atoms with Gasteiger partial charge in [-0.3, -0.25) is 0 Å². The monoisotopic (exact) mass is 527 g/mol. The third kappa shape index (κ3) is 6.61. The highest BCUT2D eigenvalue weighted by Gasteiger charge is 2.11. The zero-order valence-corrected chi connectivity index (χ0v) is 18.9. The third-order valence-electron chi connectivity index (χ3n) is 3.58. The molecule has 0 aliphatic carbocycles. The minimum Gasteiger partial charge on any atom is -0.370 e. The molecule has 1 atom stereocenters. The highest BCUT2D eigenvalue weighted by atomic mass is 127. The van der Waals surface area contributed by atoms with E-state index in [1.807, 2.05) is 13.0 Å². The first-order valence-electron chi connectivity index (χ1n) is 7.47. The van der Waals surface area contributed by atoms with E-state index in [9.17, 15) is 8.42 Å². The predicted octanol–water partition coefficient (Wildman–Crippen LogP) is 4.18. The molecule has 26 heavy (non-hydrogen) atoms. The Hall–Kier alpha value is -1.03. The Bertz CT molecular complexity index is 887. The molecule has 3 N–H and O–H groups in total. The van der Waals surface area contributed by atoms with Crippen molar-refractivity contribution in [2.45, 2.75) is 24.4 Å². The molecule has 0 radical (unpaired) electrons. The van der Waals surface area contributed by atoms with Crippen LogP contribution in [0.2, 0.25) is 10.0 Å². The number of benzene rings is 2. The molecule has 2 aromatic rings. The smallest absolute Gasteiger partial charge is 0.189 e. The van der Waals surface area contributed by atoms with Crippen LogP contribution < -0.4 is 11.1 Å². The summed E-state index contributed by atoms with van der Waals surface area (Å²) in [5.74, 6) is 0.269. The minimum absolute atomic E-state index is 0. The van der Waals surface area contributed by atoms with Gasteiger partial charge < -0.3 is 11.1 Å². The lowest BCUT2D eigenvalue weighted by Crippen LogP contribution is -2.34. The normalized spacial score (nSPS) is 13.0. The van der Waals surface area contributed by atoms with Crippen molar-refractivity contribution in [3.63, 3.8) is 0 Å². The number of halogens is 3. The van der Waals surface area contributed by atoms with E-state index in [0.29, 0.717) is 16.6 Å². The fraction of sp³-hybridized carbons (Fsp3) is 0.235. The molecule has 142 valence electrons. The largest absolute Gasteiger partial charge is 0.370 e. The maximum Gasteiger partial charge on any atom is 0.189 e. The van der Waals surface area contributed by atoms with Crippen LogP contribution in [0.1, 0.15) is 24.1 Å². The molecule has 9 heteroatoms. The summed E-state index contributed by atoms with van der Waals surface area (Å²) in [6.07, 6.45) is 1.17. The van der Waals surface area contributed by atoms with Crippen LogP contribution in [0.15, 0.2) is 52.4 Å². The van der Waals surface area contributed by atoms with E-state index >= 15 is 0 Å². The fourth-order valence-electron chi connectivity index (χ4n) is 2.22. The molecule has 0 saturated carbocycles. The first-order valence-corrected chi connectivity index (χ1v) is 10.1. The van der Waals surface area contributed by atoms with Crippen LogP contribution in [0, 0.1) is 0 Å². The van der Waals surface area contributed by atoms with Gasteiger partial charge in [0.15, 0.2) is 15.8 Å². The second kappa shape index (κ2) is 9.77. The average Bonchev–Trinajstić information content (AvgIpc) is 2.52. The van der Waals surface area contributed by atoms with Crippen LogP contribution in [0.4, 0.5) is 0 Å². The van der Waals surface area contributed by atoms with Gasteiger partial charge in [0.2, 0.25) is 0 Å². The number of sulfone groups is 1. The highest BCUT2D eigenvalue weighted by Crippen LogP contribution is 2.25. The van der Waals surface area contributed by atoms with Crippen molar-refractivity contribution in [2.24, 2.45) is 10.7 Å². The Kier molecular flexibility index (Phi) is 8.65. The van der Waals surface area contributed by atoms with Crippen molar-refractivity contribution >= 4 is 63.0 Å². The highest BCUT2D eigenvalue weighted by molar-refractivity contribution is 14.0. The fourth-order valence-corrected chi connectivity index (χ4v) is 3.42. The first kappa shape index (κ1) is 23.0. The summed E-state index contributed by atoms with van der Waals surface area (Å²) >= 11 is 12.1. The second-order valence-corrected chi connectivity index (χ2v) is 8.51.